The lowest BCUT2D eigenvalue weighted by molar-refractivity contribution is -0.119. The molecule has 2 N–H and O–H groups in total. The highest BCUT2D eigenvalue weighted by Gasteiger charge is 2.16. The number of carbonyl (C=O) groups is 3. The predicted octanol–water partition coefficient (Wildman–Crippen LogP) is 5.02. The van der Waals surface area contributed by atoms with Gasteiger partial charge in [0.25, 0.3) is 5.91 Å². The number of benzene rings is 3. The number of esters is 1. The third-order valence-electron chi connectivity index (χ3n) is 4.95. The summed E-state index contributed by atoms with van der Waals surface area (Å²) < 4.78 is 10.3. The Morgan fingerprint density at radius 2 is 1.59 bits per heavy atom. The molecule has 2 amide bonds. The van der Waals surface area contributed by atoms with Gasteiger partial charge in [-0.05, 0) is 60.9 Å². The third-order valence-corrected chi connectivity index (χ3v) is 5.27. The molecule has 0 aliphatic rings. The Morgan fingerprint density at radius 1 is 0.882 bits per heavy atom. The summed E-state index contributed by atoms with van der Waals surface area (Å²) in [6.45, 7) is 1.39. The van der Waals surface area contributed by atoms with Gasteiger partial charge in [0.1, 0.15) is 5.75 Å². The fourth-order valence-electron chi connectivity index (χ4n) is 3.15. The van der Waals surface area contributed by atoms with Crippen LogP contribution in [0.1, 0.15) is 27.9 Å². The van der Waals surface area contributed by atoms with Crippen LogP contribution in [0.25, 0.3) is 0 Å². The van der Waals surface area contributed by atoms with E-state index in [1.165, 1.54) is 6.07 Å². The van der Waals surface area contributed by atoms with Gasteiger partial charge in [0.05, 0.1) is 29.1 Å². The summed E-state index contributed by atoms with van der Waals surface area (Å²) in [5, 5.41) is 5.74. The molecule has 0 saturated heterocycles. The quantitative estimate of drug-likeness (QED) is 0.419. The van der Waals surface area contributed by atoms with E-state index in [1.54, 1.807) is 43.5 Å². The number of ether oxygens (including phenoxy) is 2. The van der Waals surface area contributed by atoms with Gasteiger partial charge in [-0.15, -0.1) is 0 Å². The number of hydrogen-bond acceptors (Lipinski definition) is 5. The van der Waals surface area contributed by atoms with Crippen LogP contribution >= 0.6 is 11.6 Å². The van der Waals surface area contributed by atoms with Crippen molar-refractivity contribution in [2.45, 2.75) is 19.8 Å². The Labute approximate surface area is 203 Å². The van der Waals surface area contributed by atoms with Crippen LogP contribution < -0.4 is 15.4 Å². The molecule has 3 rings (SSSR count). The predicted molar refractivity (Wildman–Crippen MR) is 131 cm³/mol. The lowest BCUT2D eigenvalue weighted by Gasteiger charge is -2.12. The van der Waals surface area contributed by atoms with Crippen LogP contribution in [0.3, 0.4) is 0 Å². The monoisotopic (exact) mass is 480 g/mol. The van der Waals surface area contributed by atoms with Crippen LogP contribution in [0, 0.1) is 6.92 Å². The number of hydrogen-bond donors (Lipinski definition) is 2. The average Bonchev–Trinajstić information content (AvgIpc) is 2.83. The Morgan fingerprint density at radius 3 is 2.29 bits per heavy atom. The van der Waals surface area contributed by atoms with Gasteiger partial charge in [0, 0.05) is 6.42 Å². The van der Waals surface area contributed by atoms with Crippen LogP contribution in [-0.2, 0) is 20.7 Å². The highest BCUT2D eigenvalue weighted by Crippen LogP contribution is 2.23. The molecule has 0 fully saturated rings. The van der Waals surface area contributed by atoms with E-state index >= 15 is 0 Å². The van der Waals surface area contributed by atoms with Gasteiger partial charge in [-0.25, -0.2) is 4.79 Å². The average molecular weight is 481 g/mol. The van der Waals surface area contributed by atoms with Crippen molar-refractivity contribution in [3.8, 4) is 5.75 Å². The van der Waals surface area contributed by atoms with Gasteiger partial charge < -0.3 is 20.1 Å². The smallest absolute Gasteiger partial charge is 0.340 e. The summed E-state index contributed by atoms with van der Waals surface area (Å²) in [4.78, 5) is 37.2. The van der Waals surface area contributed by atoms with Gasteiger partial charge in [-0.1, -0.05) is 41.9 Å². The Hall–Kier alpha value is -3.84. The summed E-state index contributed by atoms with van der Waals surface area (Å²) in [6, 6.07) is 19.1. The van der Waals surface area contributed by atoms with Crippen LogP contribution in [-0.4, -0.2) is 31.5 Å². The van der Waals surface area contributed by atoms with E-state index in [2.05, 4.69) is 10.6 Å². The molecule has 0 aliphatic carbocycles. The first-order valence-electron chi connectivity index (χ1n) is 10.6. The topological polar surface area (TPSA) is 93.7 Å². The molecule has 0 spiro atoms. The second kappa shape index (κ2) is 11.9. The maximum atomic E-state index is 12.6. The minimum atomic E-state index is -0.726. The number of rotatable bonds is 9. The number of halogens is 1. The van der Waals surface area contributed by atoms with Crippen molar-refractivity contribution in [3.63, 3.8) is 0 Å². The molecule has 34 heavy (non-hydrogen) atoms. The van der Waals surface area contributed by atoms with E-state index in [9.17, 15) is 14.4 Å². The lowest BCUT2D eigenvalue weighted by Crippen LogP contribution is -2.22. The molecule has 8 heteroatoms. The Bertz CT molecular complexity index is 1180. The lowest BCUT2D eigenvalue weighted by atomic mass is 10.1. The van der Waals surface area contributed by atoms with Gasteiger partial charge in [-0.2, -0.15) is 0 Å². The number of methoxy groups -OCH3 is 1. The van der Waals surface area contributed by atoms with Gasteiger partial charge in [0.15, 0.2) is 6.61 Å². The normalized spacial score (nSPS) is 10.3. The highest BCUT2D eigenvalue weighted by atomic mass is 35.5. The molecule has 0 unspecified atom stereocenters. The molecule has 0 aliphatic heterocycles. The van der Waals surface area contributed by atoms with E-state index in [4.69, 9.17) is 21.1 Å². The molecule has 7 nitrogen and oxygen atoms in total. The molecule has 0 atom stereocenters. The maximum Gasteiger partial charge on any atom is 0.340 e. The van der Waals surface area contributed by atoms with Crippen molar-refractivity contribution in [3.05, 3.63) is 88.4 Å². The van der Waals surface area contributed by atoms with Crippen molar-refractivity contribution in [1.29, 1.82) is 0 Å². The molecule has 3 aromatic carbocycles. The largest absolute Gasteiger partial charge is 0.497 e. The molecular formula is C26H25ClN2O5. The van der Waals surface area contributed by atoms with E-state index in [-0.39, 0.29) is 17.9 Å². The summed E-state index contributed by atoms with van der Waals surface area (Å²) in [5.41, 5.74) is 2.84. The number of carbonyl (C=O) groups excluding carboxylic acids is 3. The first kappa shape index (κ1) is 24.8. The zero-order chi connectivity index (χ0) is 24.5. The van der Waals surface area contributed by atoms with Crippen LogP contribution in [0.4, 0.5) is 11.4 Å². The summed E-state index contributed by atoms with van der Waals surface area (Å²) in [5.74, 6) is -0.754. The third kappa shape index (κ3) is 7.08. The van der Waals surface area contributed by atoms with E-state index in [1.807, 2.05) is 31.2 Å². The zero-order valence-corrected chi connectivity index (χ0v) is 19.6. The van der Waals surface area contributed by atoms with Crippen molar-refractivity contribution in [1.82, 2.24) is 0 Å². The molecule has 0 bridgehead atoms. The number of anilines is 2. The summed E-state index contributed by atoms with van der Waals surface area (Å²) in [6.07, 6.45) is 0.764. The second-order valence-electron chi connectivity index (χ2n) is 7.55. The minimum absolute atomic E-state index is 0.154. The minimum Gasteiger partial charge on any atom is -0.497 e. The van der Waals surface area contributed by atoms with Crippen molar-refractivity contribution in [2.24, 2.45) is 0 Å². The van der Waals surface area contributed by atoms with E-state index in [0.717, 1.165) is 16.9 Å². The molecule has 0 heterocycles. The molecular weight excluding hydrogens is 456 g/mol. The highest BCUT2D eigenvalue weighted by molar-refractivity contribution is 6.33. The molecule has 0 saturated carbocycles. The number of nitrogens with one attached hydrogen (secondary N) is 2. The van der Waals surface area contributed by atoms with Crippen molar-refractivity contribution in [2.75, 3.05) is 24.4 Å². The molecule has 0 aromatic heterocycles. The van der Waals surface area contributed by atoms with Crippen molar-refractivity contribution < 1.29 is 23.9 Å². The first-order chi connectivity index (χ1) is 16.4. The number of aryl methyl sites for hydroxylation is 2. The molecule has 176 valence electrons. The fraction of sp³-hybridized carbons (Fsp3) is 0.192. The summed E-state index contributed by atoms with van der Waals surface area (Å²) in [7, 11) is 1.59. The summed E-state index contributed by atoms with van der Waals surface area (Å²) >= 11 is 6.11. The first-order valence-corrected chi connectivity index (χ1v) is 11.0. The van der Waals surface area contributed by atoms with Gasteiger partial charge in [-0.3, -0.25) is 9.59 Å². The van der Waals surface area contributed by atoms with E-state index in [0.29, 0.717) is 22.8 Å². The second-order valence-corrected chi connectivity index (χ2v) is 7.96. The number of para-hydroxylation sites is 1. The van der Waals surface area contributed by atoms with Gasteiger partial charge >= 0.3 is 5.97 Å². The fourth-order valence-corrected chi connectivity index (χ4v) is 3.43. The van der Waals surface area contributed by atoms with Crippen LogP contribution in [0.5, 0.6) is 5.75 Å². The van der Waals surface area contributed by atoms with Gasteiger partial charge in [0.2, 0.25) is 5.91 Å². The zero-order valence-electron chi connectivity index (χ0n) is 18.9. The van der Waals surface area contributed by atoms with E-state index < -0.39 is 18.5 Å². The Kier molecular flexibility index (Phi) is 8.65. The number of amides is 2. The molecule has 3 aromatic rings. The van der Waals surface area contributed by atoms with Crippen LogP contribution in [0.2, 0.25) is 5.02 Å². The standard InChI is InChI=1S/C26H25ClN2O5/c1-17-7-13-23(21(27)15-17)29-25(31)16-34-26(32)20-5-3-4-6-22(20)28-24(30)14-10-18-8-11-19(33-2)12-9-18/h3-9,11-13,15H,10,14,16H2,1-2H3,(H,28,30)(H,29,31). The maximum absolute atomic E-state index is 12.6. The van der Waals surface area contributed by atoms with Crippen molar-refractivity contribution >= 4 is 40.8 Å². The molecule has 0 radical (unpaired) electrons. The van der Waals surface area contributed by atoms with Crippen LogP contribution in [0.15, 0.2) is 66.7 Å². The Balaban J connectivity index is 1.54. The SMILES string of the molecule is COc1ccc(CCC(=O)Nc2ccccc2C(=O)OCC(=O)Nc2ccc(C)cc2Cl)cc1.